The Morgan fingerprint density at radius 3 is 2.64 bits per heavy atom. The van der Waals surface area contributed by atoms with Crippen molar-refractivity contribution < 1.29 is 9.53 Å². The molecule has 0 saturated carbocycles. The summed E-state index contributed by atoms with van der Waals surface area (Å²) in [6, 6.07) is 0. The Balaban J connectivity index is 0.000000791. The Kier molecular flexibility index (Phi) is 6.45. The summed E-state index contributed by atoms with van der Waals surface area (Å²) in [5.41, 5.74) is 0. The highest BCUT2D eigenvalue weighted by atomic mass is 16.5. The second-order valence-corrected chi connectivity index (χ2v) is 2.49. The van der Waals surface area contributed by atoms with Crippen LogP contribution in [0.15, 0.2) is 12.4 Å². The Morgan fingerprint density at radius 1 is 1.57 bits per heavy atom. The number of aromatic nitrogens is 2. The molecule has 14 heavy (non-hydrogen) atoms. The predicted molar refractivity (Wildman–Crippen MR) is 54.9 cm³/mol. The molecule has 1 aromatic heterocycles. The van der Waals surface area contributed by atoms with Crippen LogP contribution in [0.2, 0.25) is 0 Å². The van der Waals surface area contributed by atoms with E-state index in [-0.39, 0.29) is 5.97 Å². The number of imidazole rings is 1. The number of nitrogens with zero attached hydrogens (tertiary/aromatic N) is 2. The largest absolute Gasteiger partial charge is 0.469 e. The quantitative estimate of drug-likeness (QED) is 0.695. The first-order valence-corrected chi connectivity index (χ1v) is 4.78. The number of ether oxygens (including phenoxy) is 1. The molecule has 1 heterocycles. The Morgan fingerprint density at radius 2 is 2.21 bits per heavy atom. The Bertz CT molecular complexity index is 269. The smallest absolute Gasteiger partial charge is 0.307 e. The third kappa shape index (κ3) is 4.07. The van der Waals surface area contributed by atoms with Crippen LogP contribution in [0.1, 0.15) is 26.1 Å². The van der Waals surface area contributed by atoms with Gasteiger partial charge in [0.15, 0.2) is 0 Å². The maximum absolute atomic E-state index is 10.8. The van der Waals surface area contributed by atoms with Crippen molar-refractivity contribution in [3.8, 4) is 0 Å². The van der Waals surface area contributed by atoms with Crippen LogP contribution in [-0.2, 0) is 16.1 Å². The molecule has 1 aromatic rings. The van der Waals surface area contributed by atoms with Crippen LogP contribution in [-0.4, -0.2) is 22.6 Å². The number of carbonyl (C=O) groups is 1. The van der Waals surface area contributed by atoms with Gasteiger partial charge in [0.25, 0.3) is 0 Å². The summed E-state index contributed by atoms with van der Waals surface area (Å²) in [7, 11) is 1.39. The molecule has 0 unspecified atom stereocenters. The van der Waals surface area contributed by atoms with E-state index in [4.69, 9.17) is 0 Å². The van der Waals surface area contributed by atoms with Crippen molar-refractivity contribution >= 4 is 5.97 Å². The summed E-state index contributed by atoms with van der Waals surface area (Å²) >= 11 is 0. The molecule has 0 aromatic carbocycles. The van der Waals surface area contributed by atoms with E-state index in [0.29, 0.717) is 13.0 Å². The lowest BCUT2D eigenvalue weighted by molar-refractivity contribution is -0.140. The van der Waals surface area contributed by atoms with Crippen LogP contribution in [0.25, 0.3) is 0 Å². The lowest BCUT2D eigenvalue weighted by Crippen LogP contribution is -2.07. The average Bonchev–Trinajstić information content (AvgIpc) is 2.63. The lowest BCUT2D eigenvalue weighted by Gasteiger charge is -2.02. The molecular weight excluding hydrogens is 180 g/mol. The van der Waals surface area contributed by atoms with Crippen LogP contribution in [0, 0.1) is 6.92 Å². The van der Waals surface area contributed by atoms with Crippen molar-refractivity contribution in [1.82, 2.24) is 9.55 Å². The molecular formula is C10H18N2O2. The molecule has 0 radical (unpaired) electrons. The van der Waals surface area contributed by atoms with E-state index >= 15 is 0 Å². The highest BCUT2D eigenvalue weighted by molar-refractivity contribution is 5.68. The fourth-order valence-electron chi connectivity index (χ4n) is 0.954. The highest BCUT2D eigenvalue weighted by Crippen LogP contribution is 1.97. The maximum atomic E-state index is 10.8. The first-order chi connectivity index (χ1) is 6.74. The van der Waals surface area contributed by atoms with Crippen molar-refractivity contribution in [1.29, 1.82) is 0 Å². The van der Waals surface area contributed by atoms with Gasteiger partial charge in [0, 0.05) is 18.9 Å². The van der Waals surface area contributed by atoms with Crippen molar-refractivity contribution in [3.63, 3.8) is 0 Å². The lowest BCUT2D eigenvalue weighted by atomic mass is 10.4. The van der Waals surface area contributed by atoms with Gasteiger partial charge in [-0.15, -0.1) is 0 Å². The van der Waals surface area contributed by atoms with Crippen molar-refractivity contribution in [2.45, 2.75) is 33.7 Å². The molecule has 0 bridgehead atoms. The molecule has 0 aliphatic heterocycles. The Hall–Kier alpha value is -1.32. The van der Waals surface area contributed by atoms with Crippen molar-refractivity contribution in [3.05, 3.63) is 18.2 Å². The molecule has 0 aliphatic carbocycles. The zero-order valence-corrected chi connectivity index (χ0v) is 9.28. The standard InChI is InChI=1S/C8H12N2O2.C2H6/c1-7-9-4-6-10(7)5-3-8(11)12-2;1-2/h4,6H,3,5H2,1-2H3;1-2H3. The van der Waals surface area contributed by atoms with Gasteiger partial charge in [0.2, 0.25) is 0 Å². The number of hydrogen-bond acceptors (Lipinski definition) is 3. The minimum atomic E-state index is -0.192. The first-order valence-electron chi connectivity index (χ1n) is 4.78. The topological polar surface area (TPSA) is 44.1 Å². The summed E-state index contributed by atoms with van der Waals surface area (Å²) in [5, 5.41) is 0. The van der Waals surface area contributed by atoms with Crippen molar-refractivity contribution in [2.75, 3.05) is 7.11 Å². The van der Waals surface area contributed by atoms with Gasteiger partial charge in [-0.3, -0.25) is 4.79 Å². The highest BCUT2D eigenvalue weighted by Gasteiger charge is 2.01. The number of rotatable bonds is 3. The number of carbonyl (C=O) groups excluding carboxylic acids is 1. The van der Waals surface area contributed by atoms with Crippen LogP contribution in [0.3, 0.4) is 0 Å². The number of esters is 1. The summed E-state index contributed by atoms with van der Waals surface area (Å²) in [6.07, 6.45) is 3.96. The fourth-order valence-corrected chi connectivity index (χ4v) is 0.954. The van der Waals surface area contributed by atoms with Crippen LogP contribution in [0.4, 0.5) is 0 Å². The summed E-state index contributed by atoms with van der Waals surface area (Å²) in [6.45, 7) is 6.54. The third-order valence-corrected chi connectivity index (χ3v) is 1.71. The maximum Gasteiger partial charge on any atom is 0.307 e. The minimum Gasteiger partial charge on any atom is -0.469 e. The summed E-state index contributed by atoms with van der Waals surface area (Å²) < 4.78 is 6.43. The van der Waals surface area contributed by atoms with Gasteiger partial charge in [-0.25, -0.2) is 4.98 Å². The summed E-state index contributed by atoms with van der Waals surface area (Å²) in [5.74, 6) is 0.724. The molecule has 80 valence electrons. The van der Waals surface area contributed by atoms with E-state index in [2.05, 4.69) is 9.72 Å². The average molecular weight is 198 g/mol. The van der Waals surface area contributed by atoms with E-state index < -0.39 is 0 Å². The van der Waals surface area contributed by atoms with E-state index in [0.717, 1.165) is 5.82 Å². The molecule has 4 nitrogen and oxygen atoms in total. The third-order valence-electron chi connectivity index (χ3n) is 1.71. The molecule has 0 atom stereocenters. The predicted octanol–water partition coefficient (Wildman–Crippen LogP) is 1.78. The fraction of sp³-hybridized carbons (Fsp3) is 0.600. The number of aryl methyl sites for hydroxylation is 2. The van der Waals surface area contributed by atoms with Crippen LogP contribution < -0.4 is 0 Å². The minimum absolute atomic E-state index is 0.192. The zero-order chi connectivity index (χ0) is 11.0. The van der Waals surface area contributed by atoms with Crippen molar-refractivity contribution in [2.24, 2.45) is 0 Å². The monoisotopic (exact) mass is 198 g/mol. The van der Waals surface area contributed by atoms with Gasteiger partial charge < -0.3 is 9.30 Å². The zero-order valence-electron chi connectivity index (χ0n) is 9.28. The molecule has 4 heteroatoms. The molecule has 0 N–H and O–H groups in total. The van der Waals surface area contributed by atoms with Gasteiger partial charge in [-0.2, -0.15) is 0 Å². The molecule has 0 spiro atoms. The van der Waals surface area contributed by atoms with E-state index in [9.17, 15) is 4.79 Å². The number of methoxy groups -OCH3 is 1. The first kappa shape index (κ1) is 12.7. The van der Waals surface area contributed by atoms with Gasteiger partial charge in [-0.1, -0.05) is 13.8 Å². The van der Waals surface area contributed by atoms with Gasteiger partial charge >= 0.3 is 5.97 Å². The molecule has 0 fully saturated rings. The summed E-state index contributed by atoms with van der Waals surface area (Å²) in [4.78, 5) is 14.8. The number of hydrogen-bond donors (Lipinski definition) is 0. The van der Waals surface area contributed by atoms with E-state index in [1.807, 2.05) is 31.5 Å². The van der Waals surface area contributed by atoms with Crippen LogP contribution >= 0.6 is 0 Å². The molecule has 0 aliphatic rings. The van der Waals surface area contributed by atoms with E-state index in [1.54, 1.807) is 6.20 Å². The molecule has 0 amide bonds. The second-order valence-electron chi connectivity index (χ2n) is 2.49. The second kappa shape index (κ2) is 7.12. The van der Waals surface area contributed by atoms with Crippen LogP contribution in [0.5, 0.6) is 0 Å². The van der Waals surface area contributed by atoms with Gasteiger partial charge in [-0.05, 0) is 6.92 Å². The van der Waals surface area contributed by atoms with E-state index in [1.165, 1.54) is 7.11 Å². The SMILES string of the molecule is CC.COC(=O)CCn1ccnc1C. The Labute approximate surface area is 84.9 Å². The normalized spacial score (nSPS) is 8.86. The van der Waals surface area contributed by atoms with Gasteiger partial charge in [0.1, 0.15) is 5.82 Å². The van der Waals surface area contributed by atoms with Gasteiger partial charge in [0.05, 0.1) is 13.5 Å². The molecule has 1 rings (SSSR count). The molecule has 0 saturated heterocycles.